The first-order chi connectivity index (χ1) is 9.32. The molecule has 1 amide bonds. The second-order valence-corrected chi connectivity index (χ2v) is 6.20. The van der Waals surface area contributed by atoms with E-state index >= 15 is 0 Å². The molecule has 1 fully saturated rings. The highest BCUT2D eigenvalue weighted by Crippen LogP contribution is 2.28. The molecule has 2 rings (SSSR count). The Morgan fingerprint density at radius 1 is 1.00 bits per heavy atom. The fourth-order valence-electron chi connectivity index (χ4n) is 3.03. The molecule has 3 nitrogen and oxygen atoms in total. The lowest BCUT2D eigenvalue weighted by Gasteiger charge is -2.31. The number of aliphatic hydroxyl groups excluding tert-OH is 1. The molecule has 0 saturated heterocycles. The third-order valence-corrected chi connectivity index (χ3v) is 4.99. The normalized spacial score (nSPS) is 21.5. The molecule has 0 heterocycles. The van der Waals surface area contributed by atoms with Gasteiger partial charge in [-0.1, -0.05) is 0 Å². The van der Waals surface area contributed by atoms with Gasteiger partial charge in [0.2, 0.25) is 0 Å². The van der Waals surface area contributed by atoms with Crippen LogP contribution in [0.15, 0.2) is 0 Å². The first kappa shape index (κ1) is 15.0. The van der Waals surface area contributed by atoms with E-state index in [0.717, 1.165) is 29.5 Å². The van der Waals surface area contributed by atoms with Crippen LogP contribution < -0.4 is 5.32 Å². The third kappa shape index (κ3) is 2.59. The van der Waals surface area contributed by atoms with Crippen LogP contribution in [0.5, 0.6) is 0 Å². The number of benzene rings is 1. The summed E-state index contributed by atoms with van der Waals surface area (Å²) >= 11 is 0. The maximum absolute atomic E-state index is 12.5. The van der Waals surface area contributed by atoms with Crippen LogP contribution in [-0.4, -0.2) is 23.7 Å². The van der Waals surface area contributed by atoms with Crippen LogP contribution in [0.1, 0.15) is 51.0 Å². The van der Waals surface area contributed by atoms with E-state index in [4.69, 9.17) is 0 Å². The van der Waals surface area contributed by atoms with Gasteiger partial charge in [0.25, 0.3) is 5.91 Å². The second kappa shape index (κ2) is 5.57. The number of carbonyl (C=O) groups is 1. The van der Waals surface area contributed by atoms with Crippen molar-refractivity contribution >= 4 is 5.91 Å². The molecule has 0 aromatic heterocycles. The van der Waals surface area contributed by atoms with Gasteiger partial charge in [-0.2, -0.15) is 0 Å². The molecule has 1 aromatic rings. The van der Waals surface area contributed by atoms with Gasteiger partial charge in [0.1, 0.15) is 0 Å². The van der Waals surface area contributed by atoms with Gasteiger partial charge in [-0.15, -0.1) is 0 Å². The Bertz CT molecular complexity index is 513. The number of amides is 1. The van der Waals surface area contributed by atoms with Crippen LogP contribution >= 0.6 is 0 Å². The molecule has 1 saturated carbocycles. The third-order valence-electron chi connectivity index (χ3n) is 4.99. The van der Waals surface area contributed by atoms with E-state index in [2.05, 4.69) is 26.1 Å². The topological polar surface area (TPSA) is 49.3 Å². The minimum Gasteiger partial charge on any atom is -0.393 e. The van der Waals surface area contributed by atoms with Crippen molar-refractivity contribution in [2.45, 2.75) is 53.6 Å². The summed E-state index contributed by atoms with van der Waals surface area (Å²) in [5.74, 6) is 0.454. The average Bonchev–Trinajstić information content (AvgIpc) is 2.38. The largest absolute Gasteiger partial charge is 0.393 e. The average molecular weight is 275 g/mol. The molecule has 1 aromatic carbocycles. The molecule has 20 heavy (non-hydrogen) atoms. The van der Waals surface area contributed by atoms with Crippen molar-refractivity contribution in [3.05, 3.63) is 33.4 Å². The van der Waals surface area contributed by atoms with Crippen LogP contribution in [-0.2, 0) is 0 Å². The van der Waals surface area contributed by atoms with Gasteiger partial charge >= 0.3 is 0 Å². The van der Waals surface area contributed by atoms with Crippen LogP contribution in [0.4, 0.5) is 0 Å². The quantitative estimate of drug-likeness (QED) is 0.891. The molecule has 0 radical (unpaired) electrons. The number of aliphatic hydroxyl groups is 1. The Kier molecular flexibility index (Phi) is 4.19. The lowest BCUT2D eigenvalue weighted by Crippen LogP contribution is -2.38. The Labute approximate surface area is 121 Å². The molecule has 0 unspecified atom stereocenters. The molecule has 0 aliphatic heterocycles. The monoisotopic (exact) mass is 275 g/mol. The van der Waals surface area contributed by atoms with Crippen molar-refractivity contribution in [1.29, 1.82) is 0 Å². The first-order valence-corrected chi connectivity index (χ1v) is 7.36. The van der Waals surface area contributed by atoms with Gasteiger partial charge in [-0.25, -0.2) is 0 Å². The van der Waals surface area contributed by atoms with Gasteiger partial charge < -0.3 is 10.4 Å². The molecule has 1 aliphatic carbocycles. The van der Waals surface area contributed by atoms with Gasteiger partial charge in [0, 0.05) is 12.1 Å². The van der Waals surface area contributed by atoms with Crippen molar-refractivity contribution in [1.82, 2.24) is 5.32 Å². The molecule has 110 valence electrons. The second-order valence-electron chi connectivity index (χ2n) is 6.20. The number of carbonyl (C=O) groups excluding carboxylic acids is 1. The lowest BCUT2D eigenvalue weighted by molar-refractivity contribution is 0.0420. The minimum absolute atomic E-state index is 0.0209. The molecule has 2 N–H and O–H groups in total. The summed E-state index contributed by atoms with van der Waals surface area (Å²) in [6.45, 7) is 11.0. The van der Waals surface area contributed by atoms with Crippen LogP contribution in [0.3, 0.4) is 0 Å². The van der Waals surface area contributed by atoms with E-state index in [0.29, 0.717) is 12.5 Å². The maximum Gasteiger partial charge on any atom is 0.251 e. The SMILES string of the molecule is Cc1c(C)c(C)c(C(=O)NCC2CC(O)C2)c(C)c1C. The van der Waals surface area contributed by atoms with Crippen molar-refractivity contribution in [2.24, 2.45) is 5.92 Å². The van der Waals surface area contributed by atoms with E-state index in [1.54, 1.807) is 0 Å². The van der Waals surface area contributed by atoms with Crippen molar-refractivity contribution in [3.8, 4) is 0 Å². The predicted molar refractivity (Wildman–Crippen MR) is 81.2 cm³/mol. The molecular weight excluding hydrogens is 250 g/mol. The molecule has 0 atom stereocenters. The van der Waals surface area contributed by atoms with E-state index in [9.17, 15) is 9.90 Å². The maximum atomic E-state index is 12.5. The summed E-state index contributed by atoms with van der Waals surface area (Å²) in [4.78, 5) is 12.5. The molecule has 0 bridgehead atoms. The highest BCUT2D eigenvalue weighted by atomic mass is 16.3. The van der Waals surface area contributed by atoms with E-state index in [1.165, 1.54) is 16.7 Å². The predicted octanol–water partition coefficient (Wildman–Crippen LogP) is 2.73. The zero-order chi connectivity index (χ0) is 15.0. The fourth-order valence-corrected chi connectivity index (χ4v) is 3.03. The van der Waals surface area contributed by atoms with Crippen molar-refractivity contribution < 1.29 is 9.90 Å². The first-order valence-electron chi connectivity index (χ1n) is 7.36. The highest BCUT2D eigenvalue weighted by molar-refractivity contribution is 5.98. The Morgan fingerprint density at radius 3 is 1.90 bits per heavy atom. The van der Waals surface area contributed by atoms with Gasteiger partial charge in [-0.3, -0.25) is 4.79 Å². The molecule has 3 heteroatoms. The summed E-state index contributed by atoms with van der Waals surface area (Å²) in [5.41, 5.74) is 6.67. The zero-order valence-electron chi connectivity index (χ0n) is 13.1. The standard InChI is InChI=1S/C17H25NO2/c1-9-10(2)12(4)16(13(5)11(9)3)17(20)18-8-14-6-15(19)7-14/h14-15,19H,6-8H2,1-5H3,(H,18,20). The summed E-state index contributed by atoms with van der Waals surface area (Å²) in [7, 11) is 0. The highest BCUT2D eigenvalue weighted by Gasteiger charge is 2.27. The summed E-state index contributed by atoms with van der Waals surface area (Å²) < 4.78 is 0. The summed E-state index contributed by atoms with van der Waals surface area (Å²) in [6, 6.07) is 0. The fraction of sp³-hybridized carbons (Fsp3) is 0.588. The Balaban J connectivity index is 2.17. The minimum atomic E-state index is -0.163. The summed E-state index contributed by atoms with van der Waals surface area (Å²) in [5, 5.41) is 12.3. The number of rotatable bonds is 3. The van der Waals surface area contributed by atoms with E-state index in [-0.39, 0.29) is 12.0 Å². The Morgan fingerprint density at radius 2 is 1.45 bits per heavy atom. The van der Waals surface area contributed by atoms with Gasteiger partial charge in [0.15, 0.2) is 0 Å². The van der Waals surface area contributed by atoms with Gasteiger partial charge in [0.05, 0.1) is 6.10 Å². The Hall–Kier alpha value is -1.35. The van der Waals surface area contributed by atoms with Crippen molar-refractivity contribution in [3.63, 3.8) is 0 Å². The van der Waals surface area contributed by atoms with Gasteiger partial charge in [-0.05, 0) is 81.2 Å². The van der Waals surface area contributed by atoms with Crippen molar-refractivity contribution in [2.75, 3.05) is 6.54 Å². The number of nitrogens with one attached hydrogen (secondary N) is 1. The van der Waals surface area contributed by atoms with Crippen LogP contribution in [0, 0.1) is 40.5 Å². The summed E-state index contributed by atoms with van der Waals surface area (Å²) in [6.07, 6.45) is 1.46. The molecule has 1 aliphatic rings. The zero-order valence-corrected chi connectivity index (χ0v) is 13.1. The number of hydrogen-bond acceptors (Lipinski definition) is 2. The van der Waals surface area contributed by atoms with Crippen LogP contribution in [0.2, 0.25) is 0 Å². The molecular formula is C17H25NO2. The smallest absolute Gasteiger partial charge is 0.251 e. The van der Waals surface area contributed by atoms with Crippen LogP contribution in [0.25, 0.3) is 0 Å². The molecule has 0 spiro atoms. The number of hydrogen-bond donors (Lipinski definition) is 2. The van der Waals surface area contributed by atoms with E-state index in [1.807, 2.05) is 13.8 Å². The van der Waals surface area contributed by atoms with E-state index < -0.39 is 0 Å². The lowest BCUT2D eigenvalue weighted by atomic mass is 9.82.